The number of aryl methyl sites for hydroxylation is 1. The summed E-state index contributed by atoms with van der Waals surface area (Å²) in [6, 6.07) is 13.3. The monoisotopic (exact) mass is 428 g/mol. The third kappa shape index (κ3) is 3.91. The van der Waals surface area contributed by atoms with Gasteiger partial charge in [0.1, 0.15) is 0 Å². The van der Waals surface area contributed by atoms with Gasteiger partial charge in [0.05, 0.1) is 17.6 Å². The number of nitrogens with zero attached hydrogens (tertiary/aromatic N) is 2. The summed E-state index contributed by atoms with van der Waals surface area (Å²) < 4.78 is 40.4. The second kappa shape index (κ2) is 7.92. The van der Waals surface area contributed by atoms with Gasteiger partial charge in [0, 0.05) is 28.9 Å². The Morgan fingerprint density at radius 1 is 1.23 bits per heavy atom. The Morgan fingerprint density at radius 2 is 1.97 bits per heavy atom. The summed E-state index contributed by atoms with van der Waals surface area (Å²) >= 11 is 0. The minimum Gasteiger partial charge on any atom is -0.359 e. The Labute approximate surface area is 175 Å². The topological polar surface area (TPSA) is 82.9 Å². The number of H-pyrrole nitrogens is 1. The van der Waals surface area contributed by atoms with Gasteiger partial charge in [-0.2, -0.15) is 9.49 Å². The molecule has 2 aromatic heterocycles. The Kier molecular flexibility index (Phi) is 5.28. The zero-order chi connectivity index (χ0) is 22.2. The second-order valence-corrected chi connectivity index (χ2v) is 7.08. The first-order chi connectivity index (χ1) is 14.8. The van der Waals surface area contributed by atoms with Crippen LogP contribution in [0, 0.1) is 0 Å². The van der Waals surface area contributed by atoms with E-state index in [1.165, 1.54) is 11.8 Å². The molecule has 0 bridgehead atoms. The van der Waals surface area contributed by atoms with E-state index >= 15 is 0 Å². The van der Waals surface area contributed by atoms with Crippen LogP contribution in [0.2, 0.25) is 0 Å². The summed E-state index contributed by atoms with van der Waals surface area (Å²) in [5.74, 6) is -6.12. The molecule has 31 heavy (non-hydrogen) atoms. The molecule has 1 amide bonds. The molecule has 160 valence electrons. The molecule has 4 rings (SSSR count). The van der Waals surface area contributed by atoms with Gasteiger partial charge in [-0.1, -0.05) is 25.1 Å². The van der Waals surface area contributed by atoms with Gasteiger partial charge in [-0.3, -0.25) is 4.79 Å². The standard InChI is InChI=1S/C22H19F3N4O2/c1-2-13-3-6-16(7-4-13)29-12-15(10-27-29)14-5-8-18-17(9-14)19(11-26-18)28-21(30)22(25,31)20(23)24/h3-12,20,26,31H,2H2,1H3,(H,28,30). The van der Waals surface area contributed by atoms with E-state index in [2.05, 4.69) is 17.0 Å². The van der Waals surface area contributed by atoms with Crippen molar-refractivity contribution in [2.75, 3.05) is 5.32 Å². The van der Waals surface area contributed by atoms with Crippen LogP contribution in [0.5, 0.6) is 0 Å². The van der Waals surface area contributed by atoms with Crippen LogP contribution in [-0.4, -0.2) is 38.1 Å². The number of carbonyl (C=O) groups excluding carboxylic acids is 1. The van der Waals surface area contributed by atoms with Crippen LogP contribution in [0.25, 0.3) is 27.7 Å². The van der Waals surface area contributed by atoms with Gasteiger partial charge in [-0.25, -0.2) is 13.5 Å². The van der Waals surface area contributed by atoms with Gasteiger partial charge in [0.2, 0.25) is 0 Å². The number of aromatic nitrogens is 3. The van der Waals surface area contributed by atoms with Gasteiger partial charge < -0.3 is 15.4 Å². The van der Waals surface area contributed by atoms with Crippen LogP contribution in [0.15, 0.2) is 61.1 Å². The molecule has 0 saturated carbocycles. The van der Waals surface area contributed by atoms with E-state index in [0.29, 0.717) is 10.9 Å². The Bertz CT molecular complexity index is 1230. The maximum absolute atomic E-state index is 13.5. The van der Waals surface area contributed by atoms with Gasteiger partial charge in [0.15, 0.2) is 0 Å². The Hall–Kier alpha value is -3.59. The predicted molar refractivity (Wildman–Crippen MR) is 111 cm³/mol. The number of rotatable bonds is 6. The van der Waals surface area contributed by atoms with Crippen molar-refractivity contribution in [3.05, 3.63) is 66.6 Å². The van der Waals surface area contributed by atoms with Crippen LogP contribution in [0.3, 0.4) is 0 Å². The highest BCUT2D eigenvalue weighted by Crippen LogP contribution is 2.30. The zero-order valence-electron chi connectivity index (χ0n) is 16.4. The molecule has 0 radical (unpaired) electrons. The smallest absolute Gasteiger partial charge is 0.347 e. The minimum atomic E-state index is -4.28. The fourth-order valence-corrected chi connectivity index (χ4v) is 3.21. The molecule has 4 aromatic rings. The number of benzene rings is 2. The lowest BCUT2D eigenvalue weighted by Gasteiger charge is -2.16. The van der Waals surface area contributed by atoms with Gasteiger partial charge in [-0.15, -0.1) is 0 Å². The number of halogens is 3. The molecule has 0 aliphatic heterocycles. The highest BCUT2D eigenvalue weighted by Gasteiger charge is 2.46. The Morgan fingerprint density at radius 3 is 2.65 bits per heavy atom. The number of amides is 1. The zero-order valence-corrected chi connectivity index (χ0v) is 16.4. The van der Waals surface area contributed by atoms with E-state index in [4.69, 9.17) is 5.11 Å². The largest absolute Gasteiger partial charge is 0.359 e. The molecule has 0 fully saturated rings. The number of fused-ring (bicyclic) bond motifs is 1. The minimum absolute atomic E-state index is 0.0705. The normalized spacial score (nSPS) is 13.5. The molecule has 0 aliphatic rings. The summed E-state index contributed by atoms with van der Waals surface area (Å²) in [7, 11) is 0. The molecule has 0 saturated heterocycles. The molecule has 2 heterocycles. The summed E-state index contributed by atoms with van der Waals surface area (Å²) in [4.78, 5) is 14.6. The van der Waals surface area contributed by atoms with E-state index in [9.17, 15) is 18.0 Å². The van der Waals surface area contributed by atoms with Crippen molar-refractivity contribution < 1.29 is 23.1 Å². The van der Waals surface area contributed by atoms with E-state index in [1.807, 2.05) is 41.8 Å². The summed E-state index contributed by atoms with van der Waals surface area (Å²) in [6.07, 6.45) is 1.93. The predicted octanol–water partition coefficient (Wildman–Crippen LogP) is 4.44. The van der Waals surface area contributed by atoms with Crippen LogP contribution < -0.4 is 5.32 Å². The highest BCUT2D eigenvalue weighted by atomic mass is 19.3. The first kappa shape index (κ1) is 20.7. The number of anilines is 1. The Balaban J connectivity index is 1.63. The lowest BCUT2D eigenvalue weighted by molar-refractivity contribution is -0.191. The van der Waals surface area contributed by atoms with Crippen LogP contribution >= 0.6 is 0 Å². The van der Waals surface area contributed by atoms with Crippen molar-refractivity contribution in [2.45, 2.75) is 25.6 Å². The van der Waals surface area contributed by atoms with Crippen molar-refractivity contribution in [3.63, 3.8) is 0 Å². The van der Waals surface area contributed by atoms with Gasteiger partial charge >= 0.3 is 12.3 Å². The summed E-state index contributed by atoms with van der Waals surface area (Å²) in [6.45, 7) is 2.08. The number of aromatic amines is 1. The molecule has 6 nitrogen and oxygen atoms in total. The van der Waals surface area contributed by atoms with Gasteiger partial charge in [-0.05, 0) is 41.8 Å². The number of hydrogen-bond donors (Lipinski definition) is 3. The third-order valence-electron chi connectivity index (χ3n) is 5.06. The van der Waals surface area contributed by atoms with Crippen LogP contribution in [-0.2, 0) is 11.2 Å². The summed E-state index contributed by atoms with van der Waals surface area (Å²) in [5, 5.41) is 15.9. The number of carbonyl (C=O) groups is 1. The number of aliphatic hydroxyl groups is 1. The van der Waals surface area contributed by atoms with E-state index in [-0.39, 0.29) is 5.69 Å². The van der Waals surface area contributed by atoms with Crippen molar-refractivity contribution in [3.8, 4) is 16.8 Å². The molecule has 3 N–H and O–H groups in total. The van der Waals surface area contributed by atoms with Crippen molar-refractivity contribution in [1.29, 1.82) is 0 Å². The SMILES string of the molecule is CCc1ccc(-n2cc(-c3ccc4[nH]cc(NC(=O)C(O)(F)C(F)F)c4c3)cn2)cc1. The molecular formula is C22H19F3N4O2. The second-order valence-electron chi connectivity index (χ2n) is 7.08. The van der Waals surface area contributed by atoms with Crippen LogP contribution in [0.4, 0.5) is 18.9 Å². The molecule has 2 aromatic carbocycles. The van der Waals surface area contributed by atoms with Crippen molar-refractivity contribution in [2.24, 2.45) is 0 Å². The molecule has 1 unspecified atom stereocenters. The highest BCUT2D eigenvalue weighted by molar-refractivity contribution is 6.05. The fraction of sp³-hybridized carbons (Fsp3) is 0.182. The number of nitrogens with one attached hydrogen (secondary N) is 2. The quantitative estimate of drug-likeness (QED) is 0.425. The van der Waals surface area contributed by atoms with Crippen molar-refractivity contribution in [1.82, 2.24) is 14.8 Å². The summed E-state index contributed by atoms with van der Waals surface area (Å²) in [5.41, 5.74) is 4.32. The molecule has 0 spiro atoms. The molecule has 0 aliphatic carbocycles. The maximum atomic E-state index is 13.5. The fourth-order valence-electron chi connectivity index (χ4n) is 3.21. The van der Waals surface area contributed by atoms with Crippen molar-refractivity contribution >= 4 is 22.5 Å². The molecule has 9 heteroatoms. The third-order valence-corrected chi connectivity index (χ3v) is 5.06. The average molecular weight is 428 g/mol. The first-order valence-corrected chi connectivity index (χ1v) is 9.56. The van der Waals surface area contributed by atoms with E-state index in [0.717, 1.165) is 23.2 Å². The van der Waals surface area contributed by atoms with Crippen LogP contribution in [0.1, 0.15) is 12.5 Å². The average Bonchev–Trinajstić information content (AvgIpc) is 3.41. The number of alkyl halides is 3. The van der Waals surface area contributed by atoms with E-state index in [1.54, 1.807) is 23.0 Å². The lowest BCUT2D eigenvalue weighted by atomic mass is 10.1. The maximum Gasteiger partial charge on any atom is 0.347 e. The van der Waals surface area contributed by atoms with Gasteiger partial charge in [0.25, 0.3) is 5.91 Å². The van der Waals surface area contributed by atoms with E-state index < -0.39 is 18.2 Å². The number of hydrogen-bond acceptors (Lipinski definition) is 3. The molecular weight excluding hydrogens is 409 g/mol. The lowest BCUT2D eigenvalue weighted by Crippen LogP contribution is -2.44. The molecule has 1 atom stereocenters. The first-order valence-electron chi connectivity index (χ1n) is 9.56.